The Morgan fingerprint density at radius 3 is 2.67 bits per heavy atom. The Morgan fingerprint density at radius 1 is 1.26 bits per heavy atom. The second kappa shape index (κ2) is 7.82. The number of thiazole rings is 1. The smallest absolute Gasteiger partial charge is 0.273 e. The van der Waals surface area contributed by atoms with Crippen LogP contribution in [-0.4, -0.2) is 28.9 Å². The number of hydrogen-bond acceptors (Lipinski definition) is 5. The highest BCUT2D eigenvalue weighted by molar-refractivity contribution is 7.20. The van der Waals surface area contributed by atoms with Crippen LogP contribution in [0.4, 0.5) is 0 Å². The van der Waals surface area contributed by atoms with Crippen molar-refractivity contribution < 1.29 is 9.53 Å². The summed E-state index contributed by atoms with van der Waals surface area (Å²) in [6.45, 7) is 2.75. The third kappa shape index (κ3) is 4.06. The molecule has 4 nitrogen and oxygen atoms in total. The summed E-state index contributed by atoms with van der Waals surface area (Å²) in [5.41, 5.74) is 1.65. The van der Waals surface area contributed by atoms with E-state index in [0.29, 0.717) is 18.2 Å². The molecule has 27 heavy (non-hydrogen) atoms. The summed E-state index contributed by atoms with van der Waals surface area (Å²) in [6, 6.07) is 12.2. The number of carbonyl (C=O) groups is 1. The molecule has 1 atom stereocenters. The molecule has 1 unspecified atom stereocenters. The lowest BCUT2D eigenvalue weighted by Crippen LogP contribution is -2.39. The molecule has 3 aromatic rings. The van der Waals surface area contributed by atoms with E-state index in [2.05, 4.69) is 11.9 Å². The van der Waals surface area contributed by atoms with Crippen molar-refractivity contribution in [3.05, 3.63) is 58.4 Å². The number of carbonyl (C=O) groups excluding carboxylic acids is 1. The van der Waals surface area contributed by atoms with Crippen LogP contribution < -0.4 is 4.74 Å². The first-order valence-corrected chi connectivity index (χ1v) is 10.8. The third-order valence-corrected chi connectivity index (χ3v) is 6.91. The van der Waals surface area contributed by atoms with Gasteiger partial charge < -0.3 is 9.64 Å². The molecule has 0 bridgehead atoms. The van der Waals surface area contributed by atoms with Crippen LogP contribution in [0.2, 0.25) is 0 Å². The molecular formula is C21H22N2O2S2. The maximum atomic E-state index is 13.3. The molecule has 1 fully saturated rings. The Hall–Kier alpha value is -2.18. The maximum absolute atomic E-state index is 13.3. The molecule has 140 valence electrons. The third-order valence-electron chi connectivity index (χ3n) is 5.02. The number of thiophene rings is 1. The zero-order chi connectivity index (χ0) is 18.8. The molecule has 1 amide bonds. The SMILES string of the molecule is COc1ccc(CN(C(=O)c2csc(-c3cccs3)n2)C(C)C2CC2)cc1. The topological polar surface area (TPSA) is 42.4 Å². The summed E-state index contributed by atoms with van der Waals surface area (Å²) in [7, 11) is 1.66. The summed E-state index contributed by atoms with van der Waals surface area (Å²) in [5.74, 6) is 1.44. The standard InChI is InChI=1S/C21H22N2O2S2/c1-14(16-7-8-16)23(12-15-5-9-17(25-2)10-6-15)21(24)18-13-27-20(22-18)19-4-3-11-26-19/h3-6,9-11,13-14,16H,7-8,12H2,1-2H3. The zero-order valence-corrected chi connectivity index (χ0v) is 17.1. The minimum Gasteiger partial charge on any atom is -0.497 e. The average molecular weight is 399 g/mol. The summed E-state index contributed by atoms with van der Waals surface area (Å²) < 4.78 is 5.24. The lowest BCUT2D eigenvalue weighted by Gasteiger charge is -2.29. The quantitative estimate of drug-likeness (QED) is 0.541. The molecule has 0 radical (unpaired) electrons. The van der Waals surface area contributed by atoms with Gasteiger partial charge in [-0.05, 0) is 54.8 Å². The van der Waals surface area contributed by atoms with Gasteiger partial charge in [0.1, 0.15) is 16.5 Å². The number of amides is 1. The largest absolute Gasteiger partial charge is 0.497 e. The van der Waals surface area contributed by atoms with Crippen molar-refractivity contribution in [3.63, 3.8) is 0 Å². The van der Waals surface area contributed by atoms with Crippen molar-refractivity contribution in [1.29, 1.82) is 0 Å². The number of rotatable bonds is 7. The fourth-order valence-electron chi connectivity index (χ4n) is 3.19. The first kappa shape index (κ1) is 18.2. The summed E-state index contributed by atoms with van der Waals surface area (Å²) in [6.07, 6.45) is 2.40. The number of benzene rings is 1. The van der Waals surface area contributed by atoms with Crippen molar-refractivity contribution in [1.82, 2.24) is 9.88 Å². The fourth-order valence-corrected chi connectivity index (χ4v) is 4.80. The predicted octanol–water partition coefficient (Wildman–Crippen LogP) is 5.32. The number of nitrogens with zero attached hydrogens (tertiary/aromatic N) is 2. The van der Waals surface area contributed by atoms with Gasteiger partial charge in [0.2, 0.25) is 0 Å². The van der Waals surface area contributed by atoms with Gasteiger partial charge in [-0.1, -0.05) is 18.2 Å². The van der Waals surface area contributed by atoms with Crippen LogP contribution in [0, 0.1) is 5.92 Å². The number of hydrogen-bond donors (Lipinski definition) is 0. The molecule has 1 aliphatic rings. The molecule has 2 aromatic heterocycles. The highest BCUT2D eigenvalue weighted by atomic mass is 32.1. The number of aromatic nitrogens is 1. The van der Waals surface area contributed by atoms with Crippen molar-refractivity contribution >= 4 is 28.6 Å². The van der Waals surface area contributed by atoms with E-state index in [1.54, 1.807) is 18.4 Å². The molecule has 2 heterocycles. The van der Waals surface area contributed by atoms with Gasteiger partial charge in [-0.25, -0.2) is 4.98 Å². The van der Waals surface area contributed by atoms with Gasteiger partial charge in [0.25, 0.3) is 5.91 Å². The van der Waals surface area contributed by atoms with Crippen LogP contribution in [0.3, 0.4) is 0 Å². The highest BCUT2D eigenvalue weighted by Crippen LogP contribution is 2.37. The van der Waals surface area contributed by atoms with Crippen LogP contribution in [-0.2, 0) is 6.54 Å². The molecule has 4 rings (SSSR count). The van der Waals surface area contributed by atoms with Crippen molar-refractivity contribution in [2.75, 3.05) is 7.11 Å². The van der Waals surface area contributed by atoms with Crippen LogP contribution in [0.25, 0.3) is 9.88 Å². The fraction of sp³-hybridized carbons (Fsp3) is 0.333. The molecule has 0 aliphatic heterocycles. The van der Waals surface area contributed by atoms with Crippen molar-refractivity contribution in [2.24, 2.45) is 5.92 Å². The van der Waals surface area contributed by atoms with Gasteiger partial charge >= 0.3 is 0 Å². The first-order valence-electron chi connectivity index (χ1n) is 9.09. The summed E-state index contributed by atoms with van der Waals surface area (Å²) in [5, 5.41) is 4.83. The van der Waals surface area contributed by atoms with E-state index in [1.165, 1.54) is 24.2 Å². The molecule has 1 aromatic carbocycles. The Bertz CT molecular complexity index is 899. The Kier molecular flexibility index (Phi) is 5.27. The van der Waals surface area contributed by atoms with Crippen molar-refractivity contribution in [3.8, 4) is 15.6 Å². The van der Waals surface area contributed by atoms with Crippen LogP contribution in [0.5, 0.6) is 5.75 Å². The van der Waals surface area contributed by atoms with Gasteiger partial charge in [-0.2, -0.15) is 0 Å². The van der Waals surface area contributed by atoms with Gasteiger partial charge in [0.15, 0.2) is 0 Å². The second-order valence-corrected chi connectivity index (χ2v) is 8.68. The molecule has 0 saturated heterocycles. The monoisotopic (exact) mass is 398 g/mol. The van der Waals surface area contributed by atoms with Gasteiger partial charge in [0, 0.05) is 18.0 Å². The first-order chi connectivity index (χ1) is 13.2. The minimum absolute atomic E-state index is 0.0178. The molecule has 0 N–H and O–H groups in total. The molecule has 1 aliphatic carbocycles. The van der Waals surface area contributed by atoms with E-state index in [1.807, 2.05) is 52.1 Å². The average Bonchev–Trinajstić information content (AvgIpc) is 3.19. The van der Waals surface area contributed by atoms with E-state index in [-0.39, 0.29) is 11.9 Å². The summed E-state index contributed by atoms with van der Waals surface area (Å²) >= 11 is 3.18. The zero-order valence-electron chi connectivity index (χ0n) is 15.4. The van der Waals surface area contributed by atoms with Crippen LogP contribution in [0.15, 0.2) is 47.2 Å². The Labute approximate surface area is 167 Å². The van der Waals surface area contributed by atoms with Crippen LogP contribution >= 0.6 is 22.7 Å². The van der Waals surface area contributed by atoms with Gasteiger partial charge in [-0.15, -0.1) is 22.7 Å². The summed E-state index contributed by atoms with van der Waals surface area (Å²) in [4.78, 5) is 21.0. The van der Waals surface area contributed by atoms with E-state index in [4.69, 9.17) is 4.74 Å². The molecule has 6 heteroatoms. The lowest BCUT2D eigenvalue weighted by atomic mass is 10.1. The van der Waals surface area contributed by atoms with Gasteiger partial charge in [-0.3, -0.25) is 4.79 Å². The predicted molar refractivity (Wildman–Crippen MR) is 110 cm³/mol. The maximum Gasteiger partial charge on any atom is 0.273 e. The van der Waals surface area contributed by atoms with Gasteiger partial charge in [0.05, 0.1) is 12.0 Å². The Balaban J connectivity index is 1.57. The van der Waals surface area contributed by atoms with E-state index >= 15 is 0 Å². The van der Waals surface area contributed by atoms with E-state index in [0.717, 1.165) is 21.2 Å². The Morgan fingerprint density at radius 2 is 2.04 bits per heavy atom. The molecule has 1 saturated carbocycles. The second-order valence-electron chi connectivity index (χ2n) is 6.87. The highest BCUT2D eigenvalue weighted by Gasteiger charge is 2.35. The minimum atomic E-state index is 0.0178. The normalized spacial score (nSPS) is 14.7. The number of methoxy groups -OCH3 is 1. The lowest BCUT2D eigenvalue weighted by molar-refractivity contribution is 0.0649. The molecular weight excluding hydrogens is 376 g/mol. The number of ether oxygens (including phenoxy) is 1. The van der Waals surface area contributed by atoms with Crippen LogP contribution in [0.1, 0.15) is 35.8 Å². The van der Waals surface area contributed by atoms with E-state index in [9.17, 15) is 4.79 Å². The molecule has 0 spiro atoms. The van der Waals surface area contributed by atoms with Crippen molar-refractivity contribution in [2.45, 2.75) is 32.4 Å². The van der Waals surface area contributed by atoms with E-state index < -0.39 is 0 Å².